The number of carbonyl (C=O) groups is 1. The van der Waals surface area contributed by atoms with Gasteiger partial charge in [-0.3, -0.25) is 9.69 Å². The van der Waals surface area contributed by atoms with E-state index in [9.17, 15) is 13.2 Å². The number of carbonyl (C=O) groups excluding carboxylic acids is 1. The van der Waals surface area contributed by atoms with Gasteiger partial charge in [0.2, 0.25) is 15.9 Å². The molecule has 1 N–H and O–H groups in total. The number of nitrogens with zero attached hydrogens (tertiary/aromatic N) is 2. The Morgan fingerprint density at radius 2 is 1.71 bits per heavy atom. The van der Waals surface area contributed by atoms with E-state index in [1.807, 2.05) is 4.90 Å². The van der Waals surface area contributed by atoms with Gasteiger partial charge in [-0.1, -0.05) is 18.0 Å². The van der Waals surface area contributed by atoms with Crippen molar-refractivity contribution in [3.8, 4) is 0 Å². The molecule has 1 aromatic rings. The first-order valence-corrected chi connectivity index (χ1v) is 12.9. The van der Waals surface area contributed by atoms with Crippen molar-refractivity contribution in [2.75, 3.05) is 26.2 Å². The highest BCUT2D eigenvalue weighted by Gasteiger charge is 2.34. The highest BCUT2D eigenvalue weighted by Crippen LogP contribution is 2.30. The second-order valence-corrected chi connectivity index (χ2v) is 11.8. The highest BCUT2D eigenvalue weighted by atomic mass is 35.5. The number of hydrogen-bond acceptors (Lipinski definition) is 5. The van der Waals surface area contributed by atoms with E-state index >= 15 is 0 Å². The molecule has 0 radical (unpaired) electrons. The summed E-state index contributed by atoms with van der Waals surface area (Å²) in [6.45, 7) is 3.66. The minimum absolute atomic E-state index is 0.0344. The van der Waals surface area contributed by atoms with Crippen LogP contribution in [0.5, 0.6) is 0 Å². The summed E-state index contributed by atoms with van der Waals surface area (Å²) in [4.78, 5) is 17.4. The van der Waals surface area contributed by atoms with Gasteiger partial charge in [-0.05, 0) is 50.7 Å². The molecule has 6 nitrogen and oxygen atoms in total. The minimum Gasteiger partial charge on any atom is -0.340 e. The Balaban J connectivity index is 1.24. The van der Waals surface area contributed by atoms with Crippen LogP contribution in [0.25, 0.3) is 0 Å². The van der Waals surface area contributed by atoms with Crippen molar-refractivity contribution < 1.29 is 13.2 Å². The minimum atomic E-state index is -3.53. The summed E-state index contributed by atoms with van der Waals surface area (Å²) in [7, 11) is -3.53. The van der Waals surface area contributed by atoms with Gasteiger partial charge in [0.05, 0.1) is 4.34 Å². The Kier molecular flexibility index (Phi) is 6.32. The van der Waals surface area contributed by atoms with E-state index in [0.717, 1.165) is 56.4 Å². The van der Waals surface area contributed by atoms with Crippen LogP contribution in [0.3, 0.4) is 0 Å². The van der Waals surface area contributed by atoms with E-state index in [4.69, 9.17) is 11.6 Å². The zero-order valence-electron chi connectivity index (χ0n) is 16.0. The first-order valence-electron chi connectivity index (χ1n) is 10.2. The number of halogens is 1. The van der Waals surface area contributed by atoms with Crippen molar-refractivity contribution in [3.63, 3.8) is 0 Å². The summed E-state index contributed by atoms with van der Waals surface area (Å²) >= 11 is 6.92. The molecule has 2 aliphatic carbocycles. The molecule has 1 aromatic heterocycles. The smallest absolute Gasteiger partial charge is 0.250 e. The molecule has 1 amide bonds. The van der Waals surface area contributed by atoms with Gasteiger partial charge in [0.25, 0.3) is 0 Å². The van der Waals surface area contributed by atoms with Gasteiger partial charge < -0.3 is 4.90 Å². The molecular weight excluding hydrogens is 418 g/mol. The predicted molar refractivity (Wildman–Crippen MR) is 111 cm³/mol. The second kappa shape index (κ2) is 8.60. The molecule has 9 heteroatoms. The molecule has 2 saturated carbocycles. The van der Waals surface area contributed by atoms with Crippen molar-refractivity contribution in [1.82, 2.24) is 14.5 Å². The van der Waals surface area contributed by atoms with Gasteiger partial charge >= 0.3 is 0 Å². The number of nitrogens with one attached hydrogen (secondary N) is 1. The summed E-state index contributed by atoms with van der Waals surface area (Å²) in [5, 5.41) is 0. The number of thiophene rings is 1. The summed E-state index contributed by atoms with van der Waals surface area (Å²) in [6, 6.07) is 3.78. The topological polar surface area (TPSA) is 69.7 Å². The molecular formula is C19H28ClN3O3S2. The lowest BCUT2D eigenvalue weighted by Gasteiger charge is -2.44. The van der Waals surface area contributed by atoms with Crippen molar-refractivity contribution >= 4 is 38.9 Å². The number of hydrogen-bond donors (Lipinski definition) is 1. The SMILES string of the molecule is O=C([C@H]1CC[C@H](NS(=O)(=O)c2ccc(Cl)s2)CC1)N1CCN(C2CCC2)CC1. The van der Waals surface area contributed by atoms with E-state index in [-0.39, 0.29) is 22.1 Å². The molecule has 1 saturated heterocycles. The molecule has 0 aromatic carbocycles. The highest BCUT2D eigenvalue weighted by molar-refractivity contribution is 7.91. The molecule has 3 aliphatic rings. The lowest BCUT2D eigenvalue weighted by atomic mass is 9.85. The monoisotopic (exact) mass is 445 g/mol. The molecule has 156 valence electrons. The molecule has 4 rings (SSSR count). The van der Waals surface area contributed by atoms with Gasteiger partial charge in [-0.25, -0.2) is 13.1 Å². The Labute approximate surface area is 176 Å². The Bertz CT molecular complexity index is 793. The molecule has 1 aliphatic heterocycles. The number of amides is 1. The van der Waals surface area contributed by atoms with E-state index in [1.54, 1.807) is 6.07 Å². The van der Waals surface area contributed by atoms with E-state index in [2.05, 4.69) is 9.62 Å². The van der Waals surface area contributed by atoms with E-state index in [0.29, 0.717) is 17.2 Å². The van der Waals surface area contributed by atoms with Crippen molar-refractivity contribution in [1.29, 1.82) is 0 Å². The van der Waals surface area contributed by atoms with Crippen molar-refractivity contribution in [3.05, 3.63) is 16.5 Å². The predicted octanol–water partition coefficient (Wildman–Crippen LogP) is 2.94. The maximum Gasteiger partial charge on any atom is 0.250 e. The van der Waals surface area contributed by atoms with Crippen LogP contribution in [0.4, 0.5) is 0 Å². The lowest BCUT2D eigenvalue weighted by Crippen LogP contribution is -2.54. The Morgan fingerprint density at radius 3 is 2.25 bits per heavy atom. The summed E-state index contributed by atoms with van der Waals surface area (Å²) in [6.07, 6.45) is 6.88. The summed E-state index contributed by atoms with van der Waals surface area (Å²) in [5.41, 5.74) is 0. The van der Waals surface area contributed by atoms with Crippen LogP contribution in [0.2, 0.25) is 4.34 Å². The zero-order valence-corrected chi connectivity index (χ0v) is 18.4. The van der Waals surface area contributed by atoms with Crippen LogP contribution in [0.1, 0.15) is 44.9 Å². The quantitative estimate of drug-likeness (QED) is 0.756. The summed E-state index contributed by atoms with van der Waals surface area (Å²) in [5.74, 6) is 0.298. The third-order valence-corrected chi connectivity index (χ3v) is 9.67. The third-order valence-electron chi connectivity index (χ3n) is 6.43. The van der Waals surface area contributed by atoms with Crippen LogP contribution >= 0.6 is 22.9 Å². The largest absolute Gasteiger partial charge is 0.340 e. The van der Waals surface area contributed by atoms with Crippen molar-refractivity contribution in [2.45, 2.75) is 61.2 Å². The van der Waals surface area contributed by atoms with Gasteiger partial charge in [0.1, 0.15) is 4.21 Å². The summed E-state index contributed by atoms with van der Waals surface area (Å²) < 4.78 is 28.4. The first-order chi connectivity index (χ1) is 13.4. The fourth-order valence-electron chi connectivity index (χ4n) is 4.50. The average molecular weight is 446 g/mol. The zero-order chi connectivity index (χ0) is 19.7. The molecule has 0 spiro atoms. The maximum atomic E-state index is 12.9. The molecule has 3 fully saturated rings. The molecule has 2 heterocycles. The van der Waals surface area contributed by atoms with Crippen LogP contribution in [0, 0.1) is 5.92 Å². The molecule has 28 heavy (non-hydrogen) atoms. The van der Waals surface area contributed by atoms with E-state index in [1.165, 1.54) is 25.3 Å². The molecule has 0 unspecified atom stereocenters. The lowest BCUT2D eigenvalue weighted by molar-refractivity contribution is -0.139. The van der Waals surface area contributed by atoms with Gasteiger partial charge in [0.15, 0.2) is 0 Å². The normalized spacial score (nSPS) is 27.5. The first kappa shape index (κ1) is 20.6. The van der Waals surface area contributed by atoms with Crippen molar-refractivity contribution in [2.24, 2.45) is 5.92 Å². The van der Waals surface area contributed by atoms with Crippen LogP contribution < -0.4 is 4.72 Å². The van der Waals surface area contributed by atoms with Crippen LogP contribution in [-0.4, -0.2) is 62.4 Å². The van der Waals surface area contributed by atoms with Crippen LogP contribution in [0.15, 0.2) is 16.3 Å². The van der Waals surface area contributed by atoms with Gasteiger partial charge in [-0.15, -0.1) is 11.3 Å². The number of piperazine rings is 1. The maximum absolute atomic E-state index is 12.9. The Hall–Kier alpha value is -0.670. The third kappa shape index (κ3) is 4.56. The fourth-order valence-corrected chi connectivity index (χ4v) is 7.30. The average Bonchev–Trinajstić information content (AvgIpc) is 3.08. The molecule has 0 atom stereocenters. The fraction of sp³-hybridized carbons (Fsp3) is 0.737. The van der Waals surface area contributed by atoms with Gasteiger partial charge in [0, 0.05) is 44.2 Å². The van der Waals surface area contributed by atoms with Gasteiger partial charge in [-0.2, -0.15) is 0 Å². The van der Waals surface area contributed by atoms with E-state index < -0.39 is 10.0 Å². The number of rotatable bonds is 5. The second-order valence-electron chi connectivity index (χ2n) is 8.17. The molecule has 0 bridgehead atoms. The number of sulfonamides is 1. The standard InChI is InChI=1S/C19H28ClN3O3S2/c20-17-8-9-18(27-17)28(25,26)21-15-6-4-14(5-7-15)19(24)23-12-10-22(11-13-23)16-2-1-3-16/h8-9,14-16,21H,1-7,10-13H2/t14-,15-. The Morgan fingerprint density at radius 1 is 1.04 bits per heavy atom. The van der Waals surface area contributed by atoms with Crippen LogP contribution in [-0.2, 0) is 14.8 Å².